The lowest BCUT2D eigenvalue weighted by atomic mass is 10.0. The Morgan fingerprint density at radius 2 is 0.978 bits per heavy atom. The number of nitrogens with zero attached hydrogens (tertiary/aromatic N) is 2. The second-order valence-corrected chi connectivity index (χ2v) is 12.4. The monoisotopic (exact) mass is 592 g/mol. The molecule has 0 N–H and O–H groups in total. The van der Waals surface area contributed by atoms with E-state index in [9.17, 15) is 0 Å². The average molecular weight is 593 g/mol. The molecule has 0 bridgehead atoms. The topological polar surface area (TPSA) is 8.17 Å². The van der Waals surface area contributed by atoms with Crippen LogP contribution in [0.5, 0.6) is 0 Å². The van der Waals surface area contributed by atoms with Crippen molar-refractivity contribution in [2.75, 3.05) is 4.90 Å². The van der Waals surface area contributed by atoms with Crippen molar-refractivity contribution >= 4 is 70.4 Å². The summed E-state index contributed by atoms with van der Waals surface area (Å²) in [5.74, 6) is 0. The Bertz CT molecular complexity index is 2420. The van der Waals surface area contributed by atoms with Crippen LogP contribution in [0, 0.1) is 0 Å². The van der Waals surface area contributed by atoms with E-state index in [-0.39, 0.29) is 0 Å². The van der Waals surface area contributed by atoms with E-state index in [4.69, 9.17) is 0 Å². The lowest BCUT2D eigenvalue weighted by Gasteiger charge is -2.26. The summed E-state index contributed by atoms with van der Waals surface area (Å²) in [6, 6.07) is 61.2. The van der Waals surface area contributed by atoms with E-state index in [1.807, 2.05) is 11.3 Å². The van der Waals surface area contributed by atoms with Gasteiger partial charge in [0.05, 0.1) is 27.1 Å². The molecule has 0 radical (unpaired) electrons. The first kappa shape index (κ1) is 25.8. The summed E-state index contributed by atoms with van der Waals surface area (Å²) >= 11 is 1.87. The molecule has 0 saturated carbocycles. The Labute approximate surface area is 265 Å². The van der Waals surface area contributed by atoms with Gasteiger partial charge in [0.2, 0.25) is 0 Å². The molecule has 3 heteroatoms. The highest BCUT2D eigenvalue weighted by Gasteiger charge is 2.21. The van der Waals surface area contributed by atoms with E-state index in [0.29, 0.717) is 0 Å². The molecule has 7 aromatic carbocycles. The van der Waals surface area contributed by atoms with Crippen LogP contribution < -0.4 is 4.90 Å². The standard InChI is InChI=1S/C42H28N2S/c1-3-13-29(14-4-1)30-25-27-32(28-26-30)43(31-15-5-2-6-16-31)39-23-11-19-35-41-38(22-12-24-40(41)45-42(35)39)44-36-20-9-7-17-33(36)34-18-8-10-21-37(34)44/h1-28H. The van der Waals surface area contributed by atoms with Crippen molar-refractivity contribution in [3.05, 3.63) is 170 Å². The van der Waals surface area contributed by atoms with Gasteiger partial charge in [0.1, 0.15) is 0 Å². The van der Waals surface area contributed by atoms with Gasteiger partial charge in [0, 0.05) is 37.6 Å². The van der Waals surface area contributed by atoms with E-state index >= 15 is 0 Å². The maximum Gasteiger partial charge on any atom is 0.0640 e. The Balaban J connectivity index is 1.28. The number of aromatic nitrogens is 1. The molecule has 0 unspecified atom stereocenters. The highest BCUT2D eigenvalue weighted by atomic mass is 32.1. The summed E-state index contributed by atoms with van der Waals surface area (Å²) in [5, 5.41) is 5.11. The van der Waals surface area contributed by atoms with Crippen LogP contribution in [0.25, 0.3) is 58.8 Å². The fourth-order valence-corrected chi connectivity index (χ4v) is 8.02. The summed E-state index contributed by atoms with van der Waals surface area (Å²) in [5.41, 5.74) is 9.55. The summed E-state index contributed by atoms with van der Waals surface area (Å²) in [6.07, 6.45) is 0. The maximum absolute atomic E-state index is 2.45. The van der Waals surface area contributed by atoms with E-state index in [1.165, 1.54) is 64.5 Å². The quantitative estimate of drug-likeness (QED) is 0.193. The van der Waals surface area contributed by atoms with Crippen molar-refractivity contribution < 1.29 is 0 Å². The fourth-order valence-electron chi connectivity index (χ4n) is 6.80. The molecule has 0 amide bonds. The van der Waals surface area contributed by atoms with Gasteiger partial charge in [0.25, 0.3) is 0 Å². The zero-order chi connectivity index (χ0) is 29.7. The molecule has 0 aliphatic carbocycles. The molecule has 2 heterocycles. The molecular formula is C42H28N2S. The first-order valence-electron chi connectivity index (χ1n) is 15.3. The number of thiophene rings is 1. The van der Waals surface area contributed by atoms with Crippen molar-refractivity contribution in [3.63, 3.8) is 0 Å². The number of fused-ring (bicyclic) bond motifs is 6. The molecule has 9 rings (SSSR count). The van der Waals surface area contributed by atoms with Gasteiger partial charge in [0.15, 0.2) is 0 Å². The smallest absolute Gasteiger partial charge is 0.0640 e. The number of hydrogen-bond acceptors (Lipinski definition) is 2. The first-order valence-corrected chi connectivity index (χ1v) is 16.1. The van der Waals surface area contributed by atoms with Crippen molar-refractivity contribution in [3.8, 4) is 16.8 Å². The van der Waals surface area contributed by atoms with Gasteiger partial charge < -0.3 is 9.47 Å². The Morgan fingerprint density at radius 3 is 1.69 bits per heavy atom. The second-order valence-electron chi connectivity index (χ2n) is 11.4. The molecule has 0 saturated heterocycles. The minimum atomic E-state index is 1.13. The van der Waals surface area contributed by atoms with Crippen LogP contribution in [0.3, 0.4) is 0 Å². The van der Waals surface area contributed by atoms with E-state index < -0.39 is 0 Å². The number of benzene rings is 7. The summed E-state index contributed by atoms with van der Waals surface area (Å²) in [4.78, 5) is 2.40. The molecule has 45 heavy (non-hydrogen) atoms. The lowest BCUT2D eigenvalue weighted by Crippen LogP contribution is -2.09. The molecule has 0 aliphatic heterocycles. The zero-order valence-corrected chi connectivity index (χ0v) is 25.3. The van der Waals surface area contributed by atoms with Gasteiger partial charge in [-0.1, -0.05) is 115 Å². The van der Waals surface area contributed by atoms with Gasteiger partial charge in [-0.05, 0) is 65.7 Å². The summed E-state index contributed by atoms with van der Waals surface area (Å²) in [7, 11) is 0. The lowest BCUT2D eigenvalue weighted by molar-refractivity contribution is 1.20. The van der Waals surface area contributed by atoms with Crippen LogP contribution in [0.4, 0.5) is 17.1 Å². The third-order valence-corrected chi connectivity index (χ3v) is 9.98. The van der Waals surface area contributed by atoms with E-state index in [1.54, 1.807) is 0 Å². The predicted molar refractivity (Wildman–Crippen MR) is 194 cm³/mol. The van der Waals surface area contributed by atoms with Crippen molar-refractivity contribution in [1.82, 2.24) is 4.57 Å². The van der Waals surface area contributed by atoms with Gasteiger partial charge in [-0.25, -0.2) is 0 Å². The number of rotatable bonds is 5. The van der Waals surface area contributed by atoms with Gasteiger partial charge in [-0.2, -0.15) is 0 Å². The van der Waals surface area contributed by atoms with Gasteiger partial charge in [-0.3, -0.25) is 0 Å². The average Bonchev–Trinajstić information content (AvgIpc) is 3.66. The minimum absolute atomic E-state index is 1.13. The molecule has 0 aliphatic rings. The second kappa shape index (κ2) is 10.5. The highest BCUT2D eigenvalue weighted by molar-refractivity contribution is 7.26. The molecule has 2 nitrogen and oxygen atoms in total. The van der Waals surface area contributed by atoms with Crippen molar-refractivity contribution in [1.29, 1.82) is 0 Å². The van der Waals surface area contributed by atoms with Crippen LogP contribution in [-0.4, -0.2) is 4.57 Å². The first-order chi connectivity index (χ1) is 22.3. The summed E-state index contributed by atoms with van der Waals surface area (Å²) < 4.78 is 5.00. The summed E-state index contributed by atoms with van der Waals surface area (Å²) in [6.45, 7) is 0. The molecule has 0 atom stereocenters. The Morgan fingerprint density at radius 1 is 0.422 bits per heavy atom. The largest absolute Gasteiger partial charge is 0.309 e. The van der Waals surface area contributed by atoms with Gasteiger partial charge in [-0.15, -0.1) is 11.3 Å². The highest BCUT2D eigenvalue weighted by Crippen LogP contribution is 2.47. The Hall–Kier alpha value is -5.64. The van der Waals surface area contributed by atoms with Gasteiger partial charge >= 0.3 is 0 Å². The Kier molecular flexibility index (Phi) is 6.03. The molecule has 2 aromatic heterocycles. The molecule has 212 valence electrons. The van der Waals surface area contributed by atoms with Crippen LogP contribution in [-0.2, 0) is 0 Å². The molecule has 9 aromatic rings. The molecule has 0 spiro atoms. The maximum atomic E-state index is 2.45. The predicted octanol–water partition coefficient (Wildman–Crippen LogP) is 12.3. The van der Waals surface area contributed by atoms with Crippen LogP contribution in [0.15, 0.2) is 170 Å². The SMILES string of the molecule is c1ccc(-c2ccc(N(c3ccccc3)c3cccc4c3sc3cccc(-n5c6ccccc6c6ccccc65)c34)cc2)cc1. The van der Waals surface area contributed by atoms with E-state index in [0.717, 1.165) is 11.4 Å². The third kappa shape index (κ3) is 4.16. The molecular weight excluding hydrogens is 565 g/mol. The normalized spacial score (nSPS) is 11.6. The van der Waals surface area contributed by atoms with E-state index in [2.05, 4.69) is 179 Å². The fraction of sp³-hybridized carbons (Fsp3) is 0. The van der Waals surface area contributed by atoms with Crippen molar-refractivity contribution in [2.24, 2.45) is 0 Å². The van der Waals surface area contributed by atoms with Crippen LogP contribution >= 0.6 is 11.3 Å². The number of anilines is 3. The number of para-hydroxylation sites is 3. The van der Waals surface area contributed by atoms with Crippen LogP contribution in [0.2, 0.25) is 0 Å². The third-order valence-electron chi connectivity index (χ3n) is 8.79. The van der Waals surface area contributed by atoms with Crippen molar-refractivity contribution in [2.45, 2.75) is 0 Å². The minimum Gasteiger partial charge on any atom is -0.309 e. The zero-order valence-electron chi connectivity index (χ0n) is 24.5. The molecule has 0 fully saturated rings. The van der Waals surface area contributed by atoms with Crippen LogP contribution in [0.1, 0.15) is 0 Å². The number of hydrogen-bond donors (Lipinski definition) is 0.